The van der Waals surface area contributed by atoms with Crippen molar-refractivity contribution in [2.45, 2.75) is 10.6 Å². The summed E-state index contributed by atoms with van der Waals surface area (Å²) in [4.78, 5) is 1.13. The zero-order valence-corrected chi connectivity index (χ0v) is 11.7. The molecule has 0 amide bonds. The molecule has 2 rings (SSSR count). The highest BCUT2D eigenvalue weighted by atomic mass is 35.5. The molecule has 3 nitrogen and oxygen atoms in total. The van der Waals surface area contributed by atoms with Crippen LogP contribution in [0.3, 0.4) is 0 Å². The van der Waals surface area contributed by atoms with Gasteiger partial charge in [0.1, 0.15) is 0 Å². The van der Waals surface area contributed by atoms with Crippen molar-refractivity contribution in [1.82, 2.24) is 0 Å². The van der Waals surface area contributed by atoms with Gasteiger partial charge < -0.3 is 10.9 Å². The van der Waals surface area contributed by atoms with Gasteiger partial charge in [-0.15, -0.1) is 11.8 Å². The van der Waals surface area contributed by atoms with E-state index in [-0.39, 0.29) is 5.84 Å². The van der Waals surface area contributed by atoms with Crippen LogP contribution in [0.2, 0.25) is 5.02 Å². The molecule has 2 aromatic carbocycles. The Hall–Kier alpha value is -1.65. The Morgan fingerprint density at radius 1 is 1.11 bits per heavy atom. The Labute approximate surface area is 121 Å². The lowest BCUT2D eigenvalue weighted by atomic mass is 10.2. The Kier molecular flexibility index (Phi) is 4.71. The maximum Gasteiger partial charge on any atom is 0.170 e. The first kappa shape index (κ1) is 13.8. The Morgan fingerprint density at radius 2 is 1.74 bits per heavy atom. The van der Waals surface area contributed by atoms with E-state index in [0.29, 0.717) is 5.56 Å². The fraction of sp³-hybridized carbons (Fsp3) is 0.0714. The Balaban J connectivity index is 1.98. The molecule has 5 heteroatoms. The highest BCUT2D eigenvalue weighted by molar-refractivity contribution is 7.98. The number of nitrogens with two attached hydrogens (primary N) is 1. The van der Waals surface area contributed by atoms with Crippen molar-refractivity contribution in [3.8, 4) is 0 Å². The van der Waals surface area contributed by atoms with E-state index in [1.807, 2.05) is 48.5 Å². The minimum absolute atomic E-state index is 0.120. The van der Waals surface area contributed by atoms with Gasteiger partial charge in [0.25, 0.3) is 0 Å². The van der Waals surface area contributed by atoms with Gasteiger partial charge in [-0.1, -0.05) is 41.0 Å². The number of nitrogens with zero attached hydrogens (tertiary/aromatic N) is 1. The molecule has 0 unspecified atom stereocenters. The summed E-state index contributed by atoms with van der Waals surface area (Å²) in [5.41, 5.74) is 7.43. The summed E-state index contributed by atoms with van der Waals surface area (Å²) in [7, 11) is 0. The topological polar surface area (TPSA) is 58.6 Å². The van der Waals surface area contributed by atoms with Crippen LogP contribution < -0.4 is 5.73 Å². The molecular formula is C14H13ClN2OS. The lowest BCUT2D eigenvalue weighted by molar-refractivity contribution is 0.318. The summed E-state index contributed by atoms with van der Waals surface area (Å²) in [5, 5.41) is 12.3. The summed E-state index contributed by atoms with van der Waals surface area (Å²) < 4.78 is 0. The van der Waals surface area contributed by atoms with Gasteiger partial charge in [0.05, 0.1) is 0 Å². The fourth-order valence-corrected chi connectivity index (χ4v) is 2.51. The number of amidine groups is 1. The fourth-order valence-electron chi connectivity index (χ4n) is 1.53. The first-order valence-corrected chi connectivity index (χ1v) is 7.00. The maximum absolute atomic E-state index is 8.58. The van der Waals surface area contributed by atoms with Crippen LogP contribution in [-0.2, 0) is 5.75 Å². The molecule has 0 bridgehead atoms. The molecule has 0 aliphatic carbocycles. The number of halogens is 1. The van der Waals surface area contributed by atoms with Crippen molar-refractivity contribution in [3.05, 3.63) is 64.7 Å². The second-order valence-electron chi connectivity index (χ2n) is 3.92. The zero-order valence-electron chi connectivity index (χ0n) is 10.1. The average molecular weight is 293 g/mol. The highest BCUT2D eigenvalue weighted by Crippen LogP contribution is 2.23. The SMILES string of the molecule is N/C(=N/O)c1ccc(SCc2ccc(Cl)cc2)cc1. The molecule has 3 N–H and O–H groups in total. The van der Waals surface area contributed by atoms with E-state index >= 15 is 0 Å². The van der Waals surface area contributed by atoms with Crippen molar-refractivity contribution in [2.24, 2.45) is 10.9 Å². The van der Waals surface area contributed by atoms with Crippen LogP contribution in [0, 0.1) is 0 Å². The predicted octanol–water partition coefficient (Wildman–Crippen LogP) is 3.73. The number of hydrogen-bond donors (Lipinski definition) is 2. The van der Waals surface area contributed by atoms with Crippen LogP contribution >= 0.6 is 23.4 Å². The first-order chi connectivity index (χ1) is 9.19. The van der Waals surface area contributed by atoms with Gasteiger partial charge in [0.15, 0.2) is 5.84 Å². The van der Waals surface area contributed by atoms with E-state index < -0.39 is 0 Å². The molecule has 0 spiro atoms. The van der Waals surface area contributed by atoms with E-state index in [4.69, 9.17) is 22.5 Å². The number of thioether (sulfide) groups is 1. The second kappa shape index (κ2) is 6.50. The average Bonchev–Trinajstić information content (AvgIpc) is 2.46. The van der Waals surface area contributed by atoms with Crippen LogP contribution in [0.5, 0.6) is 0 Å². The molecule has 98 valence electrons. The van der Waals surface area contributed by atoms with Gasteiger partial charge in [0, 0.05) is 21.2 Å². The zero-order chi connectivity index (χ0) is 13.7. The molecule has 0 atom stereocenters. The van der Waals surface area contributed by atoms with Crippen LogP contribution in [-0.4, -0.2) is 11.0 Å². The van der Waals surface area contributed by atoms with Crippen LogP contribution in [0.4, 0.5) is 0 Å². The molecule has 0 heterocycles. The highest BCUT2D eigenvalue weighted by Gasteiger charge is 2.00. The van der Waals surface area contributed by atoms with Crippen LogP contribution in [0.1, 0.15) is 11.1 Å². The molecule has 19 heavy (non-hydrogen) atoms. The third-order valence-electron chi connectivity index (χ3n) is 2.58. The summed E-state index contributed by atoms with van der Waals surface area (Å²) in [5.74, 6) is 0.995. The third-order valence-corrected chi connectivity index (χ3v) is 3.91. The number of hydrogen-bond acceptors (Lipinski definition) is 3. The van der Waals surface area contributed by atoms with E-state index in [1.165, 1.54) is 5.56 Å². The van der Waals surface area contributed by atoms with Crippen molar-refractivity contribution in [1.29, 1.82) is 0 Å². The van der Waals surface area contributed by atoms with Gasteiger partial charge in [-0.2, -0.15) is 0 Å². The summed E-state index contributed by atoms with van der Waals surface area (Å²) in [6.07, 6.45) is 0. The standard InChI is InChI=1S/C14H13ClN2OS/c15-12-5-1-10(2-6-12)9-19-13-7-3-11(4-8-13)14(16)17-18/h1-8,18H,9H2,(H2,16,17). The van der Waals surface area contributed by atoms with Gasteiger partial charge in [0.2, 0.25) is 0 Å². The van der Waals surface area contributed by atoms with E-state index in [1.54, 1.807) is 11.8 Å². The number of oxime groups is 1. The van der Waals surface area contributed by atoms with Crippen molar-refractivity contribution < 1.29 is 5.21 Å². The summed E-state index contributed by atoms with van der Waals surface area (Å²) >= 11 is 7.56. The predicted molar refractivity (Wildman–Crippen MR) is 80.0 cm³/mol. The van der Waals surface area contributed by atoms with Crippen molar-refractivity contribution >= 4 is 29.2 Å². The van der Waals surface area contributed by atoms with Gasteiger partial charge >= 0.3 is 0 Å². The lowest BCUT2D eigenvalue weighted by Crippen LogP contribution is -2.12. The molecule has 0 aliphatic rings. The van der Waals surface area contributed by atoms with Gasteiger partial charge in [-0.05, 0) is 29.8 Å². The van der Waals surface area contributed by atoms with Gasteiger partial charge in [-0.3, -0.25) is 0 Å². The normalized spacial score (nSPS) is 11.5. The Bertz CT molecular complexity index is 567. The number of rotatable bonds is 4. The molecule has 0 aliphatic heterocycles. The molecule has 0 aromatic heterocycles. The molecule has 2 aromatic rings. The van der Waals surface area contributed by atoms with Crippen molar-refractivity contribution in [2.75, 3.05) is 0 Å². The maximum atomic E-state index is 8.58. The van der Waals surface area contributed by atoms with Crippen molar-refractivity contribution in [3.63, 3.8) is 0 Å². The third kappa shape index (κ3) is 3.91. The second-order valence-corrected chi connectivity index (χ2v) is 5.41. The van der Waals surface area contributed by atoms with Crippen LogP contribution in [0.15, 0.2) is 58.6 Å². The van der Waals surface area contributed by atoms with E-state index in [2.05, 4.69) is 5.16 Å². The largest absolute Gasteiger partial charge is 0.409 e. The monoisotopic (exact) mass is 292 g/mol. The Morgan fingerprint density at radius 3 is 2.32 bits per heavy atom. The molecular weight excluding hydrogens is 280 g/mol. The molecule has 0 radical (unpaired) electrons. The van der Waals surface area contributed by atoms with Crippen LogP contribution in [0.25, 0.3) is 0 Å². The summed E-state index contributed by atoms with van der Waals surface area (Å²) in [6, 6.07) is 15.4. The minimum atomic E-state index is 0.120. The molecule has 0 saturated heterocycles. The first-order valence-electron chi connectivity index (χ1n) is 5.64. The summed E-state index contributed by atoms with van der Waals surface area (Å²) in [6.45, 7) is 0. The smallest absolute Gasteiger partial charge is 0.170 e. The number of benzene rings is 2. The lowest BCUT2D eigenvalue weighted by Gasteiger charge is -2.04. The van der Waals surface area contributed by atoms with Gasteiger partial charge in [-0.25, -0.2) is 0 Å². The van der Waals surface area contributed by atoms with E-state index in [9.17, 15) is 0 Å². The minimum Gasteiger partial charge on any atom is -0.409 e. The molecule has 0 fully saturated rings. The molecule has 0 saturated carbocycles. The quantitative estimate of drug-likeness (QED) is 0.297. The van der Waals surface area contributed by atoms with E-state index in [0.717, 1.165) is 15.7 Å².